The maximum Gasteiger partial charge on any atom is 0.301 e. The molecule has 2 aromatic carbocycles. The number of nitrogens with one attached hydrogen (secondary N) is 1. The number of ether oxygens (including phenoxy) is 2. The third-order valence-electron chi connectivity index (χ3n) is 6.61. The average molecular weight is 503 g/mol. The van der Waals surface area contributed by atoms with Crippen molar-refractivity contribution in [2.75, 3.05) is 13.7 Å². The molecule has 1 saturated heterocycles. The Morgan fingerprint density at radius 1 is 1.22 bits per heavy atom. The summed E-state index contributed by atoms with van der Waals surface area (Å²) in [4.78, 5) is 15.4. The van der Waals surface area contributed by atoms with Gasteiger partial charge in [-0.2, -0.15) is 0 Å². The van der Waals surface area contributed by atoms with Crippen molar-refractivity contribution in [1.29, 1.82) is 0 Å². The van der Waals surface area contributed by atoms with Gasteiger partial charge in [0, 0.05) is 30.0 Å². The summed E-state index contributed by atoms with van der Waals surface area (Å²) < 4.78 is 11.2. The zero-order valence-electron chi connectivity index (χ0n) is 21.3. The highest BCUT2D eigenvalue weighted by atomic mass is 16.9. The van der Waals surface area contributed by atoms with E-state index in [0.717, 1.165) is 40.8 Å². The van der Waals surface area contributed by atoms with E-state index >= 15 is 0 Å². The standard InChI is InChI=1S/C29H31N3O5/c1-20-9-7-10-24(25-11-5-6-17-30-25)23(20)14-12-21(2)28(33)31-32(34,35)26-19-22(13-15-27(26)36-4)29(3)16-8-18-37-29/h5-7,9-15,17,19,34-35H,2,8,16,18H2,1,3-4H3/p+1/b14-12-. The van der Waals surface area contributed by atoms with E-state index in [1.165, 1.54) is 13.2 Å². The lowest BCUT2D eigenvalue weighted by molar-refractivity contribution is -0.318. The molecule has 1 aliphatic heterocycles. The van der Waals surface area contributed by atoms with Crippen LogP contribution in [0.1, 0.15) is 36.5 Å². The van der Waals surface area contributed by atoms with Gasteiger partial charge in [-0.1, -0.05) is 43.0 Å². The number of nitrogens with zero attached hydrogens (tertiary/aromatic N) is 2. The molecule has 1 aliphatic rings. The monoisotopic (exact) mass is 502 g/mol. The van der Waals surface area contributed by atoms with Crippen LogP contribution in [0.4, 0.5) is 5.69 Å². The summed E-state index contributed by atoms with van der Waals surface area (Å²) in [6.45, 7) is 8.36. The summed E-state index contributed by atoms with van der Waals surface area (Å²) in [5, 5.41) is 21.7. The normalized spacial score (nSPS) is 17.6. The molecule has 0 bridgehead atoms. The number of hydrogen-bond acceptors (Lipinski definition) is 6. The van der Waals surface area contributed by atoms with Crippen molar-refractivity contribution in [2.45, 2.75) is 32.3 Å². The van der Waals surface area contributed by atoms with E-state index in [1.807, 2.05) is 56.3 Å². The molecule has 192 valence electrons. The first-order valence-corrected chi connectivity index (χ1v) is 12.0. The van der Waals surface area contributed by atoms with Gasteiger partial charge in [-0.3, -0.25) is 9.78 Å². The van der Waals surface area contributed by atoms with Crippen LogP contribution in [0.5, 0.6) is 5.75 Å². The fraction of sp³-hybridized carbons (Fsp3) is 0.241. The van der Waals surface area contributed by atoms with Crippen molar-refractivity contribution in [3.8, 4) is 17.0 Å². The summed E-state index contributed by atoms with van der Waals surface area (Å²) >= 11 is 0. The minimum Gasteiger partial charge on any atom is -0.491 e. The van der Waals surface area contributed by atoms with Gasteiger partial charge in [0.1, 0.15) is 0 Å². The number of aryl methyl sites for hydroxylation is 1. The molecule has 8 nitrogen and oxygen atoms in total. The molecule has 0 aliphatic carbocycles. The maximum absolute atomic E-state index is 12.9. The van der Waals surface area contributed by atoms with E-state index in [-0.39, 0.29) is 17.0 Å². The highest BCUT2D eigenvalue weighted by Gasteiger charge is 2.39. The Labute approximate surface area is 216 Å². The van der Waals surface area contributed by atoms with E-state index in [9.17, 15) is 15.2 Å². The van der Waals surface area contributed by atoms with Gasteiger partial charge >= 0.3 is 5.91 Å². The Hall–Kier alpha value is -3.82. The molecule has 4 rings (SSSR count). The Morgan fingerprint density at radius 3 is 2.70 bits per heavy atom. The lowest BCUT2D eigenvalue weighted by Crippen LogP contribution is -2.57. The Kier molecular flexibility index (Phi) is 7.56. The third kappa shape index (κ3) is 5.63. The highest BCUT2D eigenvalue weighted by molar-refractivity contribution is 5.97. The van der Waals surface area contributed by atoms with Crippen molar-refractivity contribution in [1.82, 2.24) is 15.3 Å². The minimum absolute atomic E-state index is 0.0297. The molecule has 1 fully saturated rings. The summed E-state index contributed by atoms with van der Waals surface area (Å²) in [6.07, 6.45) is 6.72. The van der Waals surface area contributed by atoms with Gasteiger partial charge in [-0.05, 0) is 67.7 Å². The van der Waals surface area contributed by atoms with Crippen LogP contribution >= 0.6 is 0 Å². The van der Waals surface area contributed by atoms with Gasteiger partial charge in [-0.15, -0.1) is 15.8 Å². The van der Waals surface area contributed by atoms with E-state index in [0.29, 0.717) is 6.61 Å². The van der Waals surface area contributed by atoms with Gasteiger partial charge in [0.05, 0.1) is 23.3 Å². The minimum atomic E-state index is -1.91. The van der Waals surface area contributed by atoms with Gasteiger partial charge in [0.25, 0.3) is 5.69 Å². The first-order chi connectivity index (χ1) is 17.6. The van der Waals surface area contributed by atoms with E-state index in [1.54, 1.807) is 24.4 Å². The smallest absolute Gasteiger partial charge is 0.301 e. The first-order valence-electron chi connectivity index (χ1n) is 12.0. The number of benzene rings is 2. The van der Waals surface area contributed by atoms with Crippen molar-refractivity contribution in [2.24, 2.45) is 0 Å². The molecule has 1 unspecified atom stereocenters. The van der Waals surface area contributed by atoms with Crippen LogP contribution in [0.15, 0.2) is 79.0 Å². The van der Waals surface area contributed by atoms with Crippen LogP contribution < -0.4 is 15.1 Å². The largest absolute Gasteiger partial charge is 0.491 e. The fourth-order valence-electron chi connectivity index (χ4n) is 4.45. The Morgan fingerprint density at radius 2 is 2.03 bits per heavy atom. The molecule has 0 spiro atoms. The zero-order valence-corrected chi connectivity index (χ0v) is 21.3. The molecule has 3 aromatic rings. The van der Waals surface area contributed by atoms with Crippen LogP contribution in [0, 0.1) is 6.92 Å². The first kappa shape index (κ1) is 26.2. The van der Waals surface area contributed by atoms with Gasteiger partial charge < -0.3 is 9.47 Å². The topological polar surface area (TPSA) is 101 Å². The molecule has 1 amide bonds. The number of carbonyl (C=O) groups excluding carboxylic acids is 1. The number of pyridine rings is 1. The molecule has 0 saturated carbocycles. The quantitative estimate of drug-likeness (QED) is 0.163. The average Bonchev–Trinajstić information content (AvgIpc) is 3.35. The molecular formula is C29H32N3O5+. The van der Waals surface area contributed by atoms with Crippen molar-refractivity contribution >= 4 is 17.7 Å². The molecule has 3 N–H and O–H groups in total. The van der Waals surface area contributed by atoms with E-state index < -0.39 is 16.4 Å². The summed E-state index contributed by atoms with van der Waals surface area (Å²) in [7, 11) is 1.41. The van der Waals surface area contributed by atoms with Crippen molar-refractivity contribution in [3.63, 3.8) is 0 Å². The number of amides is 1. The van der Waals surface area contributed by atoms with Crippen molar-refractivity contribution in [3.05, 3.63) is 95.7 Å². The molecular weight excluding hydrogens is 470 g/mol. The number of aromatic nitrogens is 1. The van der Waals surface area contributed by atoms with E-state index in [2.05, 4.69) is 17.0 Å². The van der Waals surface area contributed by atoms with Crippen LogP contribution in [0.25, 0.3) is 17.3 Å². The van der Waals surface area contributed by atoms with E-state index in [4.69, 9.17) is 9.47 Å². The summed E-state index contributed by atoms with van der Waals surface area (Å²) in [6, 6.07) is 16.5. The van der Waals surface area contributed by atoms with Crippen LogP contribution in [-0.2, 0) is 15.1 Å². The Bertz CT molecular complexity index is 1330. The van der Waals surface area contributed by atoms with Crippen LogP contribution in [-0.4, -0.2) is 35.0 Å². The lowest BCUT2D eigenvalue weighted by Gasteiger charge is -2.27. The number of rotatable bonds is 8. The predicted octanol–water partition coefficient (Wildman–Crippen LogP) is 5.48. The fourth-order valence-corrected chi connectivity index (χ4v) is 4.45. The van der Waals surface area contributed by atoms with Gasteiger partial charge in [0.2, 0.25) is 0 Å². The SMILES string of the molecule is C=C(/C=C\c1c(C)cccc1-c1ccccn1)C(=O)N[N+](O)(O)c1cc(C2(C)CCCO2)ccc1OC. The van der Waals surface area contributed by atoms with Crippen molar-refractivity contribution < 1.29 is 24.7 Å². The zero-order chi connectivity index (χ0) is 26.6. The van der Waals surface area contributed by atoms with Crippen LogP contribution in [0.3, 0.4) is 0 Å². The summed E-state index contributed by atoms with van der Waals surface area (Å²) in [5.74, 6) is -0.582. The Balaban J connectivity index is 1.56. The summed E-state index contributed by atoms with van der Waals surface area (Å²) in [5.41, 5.74) is 5.94. The number of quaternary nitrogens is 1. The molecule has 1 aromatic heterocycles. The molecule has 0 radical (unpaired) electrons. The second-order valence-corrected chi connectivity index (χ2v) is 9.22. The molecule has 2 heterocycles. The highest BCUT2D eigenvalue weighted by Crippen LogP contribution is 2.40. The second kappa shape index (κ2) is 10.7. The number of hydrogen-bond donors (Lipinski definition) is 3. The van der Waals surface area contributed by atoms with Gasteiger partial charge in [-0.25, -0.2) is 0 Å². The number of methoxy groups -OCH3 is 1. The molecule has 8 heteroatoms. The maximum atomic E-state index is 12.9. The molecule has 37 heavy (non-hydrogen) atoms. The second-order valence-electron chi connectivity index (χ2n) is 9.22. The van der Waals surface area contributed by atoms with Gasteiger partial charge in [0.15, 0.2) is 5.75 Å². The van der Waals surface area contributed by atoms with Crippen LogP contribution in [0.2, 0.25) is 0 Å². The predicted molar refractivity (Wildman–Crippen MR) is 142 cm³/mol. The lowest BCUT2D eigenvalue weighted by atomic mass is 9.92. The molecule has 1 atom stereocenters. The third-order valence-corrected chi connectivity index (χ3v) is 6.61. The number of carbonyl (C=O) groups is 1.